The molecule has 0 spiro atoms. The lowest BCUT2D eigenvalue weighted by molar-refractivity contribution is -0.192. The second-order valence-electron chi connectivity index (χ2n) is 7.93. The van der Waals surface area contributed by atoms with E-state index >= 15 is 0 Å². The van der Waals surface area contributed by atoms with E-state index in [0.717, 1.165) is 0 Å². The van der Waals surface area contributed by atoms with Crippen LogP contribution in [0.5, 0.6) is 5.88 Å². The van der Waals surface area contributed by atoms with Crippen LogP contribution in [0.15, 0.2) is 35.1 Å². The van der Waals surface area contributed by atoms with Crippen LogP contribution in [0.2, 0.25) is 0 Å². The maximum Gasteiger partial charge on any atom is 0.490 e. The Bertz CT molecular complexity index is 1040. The zero-order valence-corrected chi connectivity index (χ0v) is 20.1. The first-order chi connectivity index (χ1) is 16.8. The van der Waals surface area contributed by atoms with Crippen molar-refractivity contribution in [3.05, 3.63) is 30.2 Å². The van der Waals surface area contributed by atoms with Crippen LogP contribution in [-0.4, -0.2) is 103 Å². The molecule has 2 aliphatic rings. The summed E-state index contributed by atoms with van der Waals surface area (Å²) in [5.74, 6) is -2.57. The number of hydrogen-bond acceptors (Lipinski definition) is 7. The van der Waals surface area contributed by atoms with Crippen molar-refractivity contribution < 1.29 is 45.4 Å². The standard InChI is InChI=1S/C18H26FN5O4S.C2HF3O2/c1-22-8-9-24(18(22)25)15-4-6-23(7-5-15)29(26,27)16-2-3-17(21-12-16)28-13-14(10-19)11-20;3-2(4,5)1(6)7/h2-3,10,12,15H,4-9,11,13,20H2,1H3;(H,6,7)/b14-10-;. The first kappa shape index (κ1) is 29.3. The fraction of sp³-hybridized carbons (Fsp3) is 0.550. The number of carbonyl (C=O) groups excluding carboxylic acids is 1. The van der Waals surface area contributed by atoms with Gasteiger partial charge in [0.15, 0.2) is 0 Å². The third kappa shape index (κ3) is 7.51. The molecule has 0 aliphatic carbocycles. The number of urea groups is 1. The lowest BCUT2D eigenvalue weighted by Crippen LogP contribution is -2.47. The molecule has 1 aromatic rings. The number of rotatable bonds is 7. The molecule has 2 amide bonds. The smallest absolute Gasteiger partial charge is 0.475 e. The van der Waals surface area contributed by atoms with Gasteiger partial charge in [0.2, 0.25) is 15.9 Å². The van der Waals surface area contributed by atoms with E-state index in [1.165, 1.54) is 22.6 Å². The van der Waals surface area contributed by atoms with Gasteiger partial charge in [0.25, 0.3) is 0 Å². The van der Waals surface area contributed by atoms with E-state index in [4.69, 9.17) is 20.4 Å². The highest BCUT2D eigenvalue weighted by atomic mass is 32.2. The molecule has 2 saturated heterocycles. The Morgan fingerprint density at radius 3 is 2.28 bits per heavy atom. The van der Waals surface area contributed by atoms with Gasteiger partial charge in [-0.1, -0.05) is 0 Å². The normalized spacial score (nSPS) is 18.2. The van der Waals surface area contributed by atoms with Gasteiger partial charge in [-0.2, -0.15) is 17.5 Å². The number of alkyl halides is 3. The second-order valence-corrected chi connectivity index (χ2v) is 9.87. The Hall–Kier alpha value is -2.98. The molecule has 11 nitrogen and oxygen atoms in total. The van der Waals surface area contributed by atoms with Gasteiger partial charge in [0.1, 0.15) is 11.5 Å². The van der Waals surface area contributed by atoms with Crippen molar-refractivity contribution in [1.82, 2.24) is 19.1 Å². The fourth-order valence-corrected chi connectivity index (χ4v) is 4.87. The van der Waals surface area contributed by atoms with Crippen molar-refractivity contribution in [2.75, 3.05) is 46.4 Å². The second kappa shape index (κ2) is 12.3. The summed E-state index contributed by atoms with van der Waals surface area (Å²) < 4.78 is 76.7. The molecule has 16 heteroatoms. The largest absolute Gasteiger partial charge is 0.490 e. The molecular weight excluding hydrogens is 514 g/mol. The van der Waals surface area contributed by atoms with Crippen molar-refractivity contribution >= 4 is 22.0 Å². The van der Waals surface area contributed by atoms with Crippen LogP contribution in [-0.2, 0) is 14.8 Å². The monoisotopic (exact) mass is 541 g/mol. The molecule has 0 saturated carbocycles. The van der Waals surface area contributed by atoms with Crippen LogP contribution >= 0.6 is 0 Å². The van der Waals surface area contributed by atoms with Gasteiger partial charge < -0.3 is 25.4 Å². The minimum atomic E-state index is -5.08. The minimum absolute atomic E-state index is 0.00601. The number of carboxylic acid groups (broad SMARTS) is 1. The summed E-state index contributed by atoms with van der Waals surface area (Å²) in [6.07, 6.45) is -2.26. The van der Waals surface area contributed by atoms with Crippen LogP contribution in [0.3, 0.4) is 0 Å². The number of nitrogens with zero attached hydrogens (tertiary/aromatic N) is 4. The Morgan fingerprint density at radius 2 is 1.86 bits per heavy atom. The topological polar surface area (TPSA) is 146 Å². The molecule has 3 heterocycles. The molecule has 0 radical (unpaired) electrons. The number of amides is 2. The molecule has 2 aliphatic heterocycles. The van der Waals surface area contributed by atoms with E-state index in [1.807, 2.05) is 4.90 Å². The first-order valence-electron chi connectivity index (χ1n) is 10.7. The van der Waals surface area contributed by atoms with Gasteiger partial charge in [0.05, 0.1) is 12.5 Å². The number of sulfonamides is 1. The summed E-state index contributed by atoms with van der Waals surface area (Å²) in [4.78, 5) is 28.6. The SMILES string of the molecule is CN1CCN(C2CCN(S(=O)(=O)c3ccc(OC/C(=C\F)CN)nc3)CC2)C1=O.O=C(O)C(F)(F)F. The van der Waals surface area contributed by atoms with E-state index in [9.17, 15) is 30.8 Å². The highest BCUT2D eigenvalue weighted by Crippen LogP contribution is 2.25. The van der Waals surface area contributed by atoms with Crippen LogP contribution in [0.1, 0.15) is 12.8 Å². The number of ether oxygens (including phenoxy) is 1. The number of hydrogen-bond donors (Lipinski definition) is 2. The summed E-state index contributed by atoms with van der Waals surface area (Å²) in [7, 11) is -1.91. The molecule has 0 unspecified atom stereocenters. The molecule has 0 atom stereocenters. The number of carboxylic acids is 1. The molecule has 3 rings (SSSR count). The maximum atomic E-state index is 12.9. The van der Waals surface area contributed by atoms with E-state index in [-0.39, 0.29) is 41.6 Å². The Morgan fingerprint density at radius 1 is 1.25 bits per heavy atom. The van der Waals surface area contributed by atoms with E-state index in [1.54, 1.807) is 11.9 Å². The van der Waals surface area contributed by atoms with Crippen molar-refractivity contribution in [3.8, 4) is 5.88 Å². The lowest BCUT2D eigenvalue weighted by atomic mass is 10.1. The minimum Gasteiger partial charge on any atom is -0.475 e. The highest BCUT2D eigenvalue weighted by Gasteiger charge is 2.38. The average Bonchev–Trinajstić information content (AvgIpc) is 3.18. The van der Waals surface area contributed by atoms with Gasteiger partial charge >= 0.3 is 18.2 Å². The number of likely N-dealkylation sites (N-methyl/N-ethyl adjacent to an activating group) is 1. The molecule has 2 fully saturated rings. The van der Waals surface area contributed by atoms with Gasteiger partial charge in [-0.3, -0.25) is 0 Å². The Balaban J connectivity index is 0.000000572. The van der Waals surface area contributed by atoms with Gasteiger partial charge in [0, 0.05) is 57.5 Å². The number of halogens is 4. The fourth-order valence-electron chi connectivity index (χ4n) is 3.46. The van der Waals surface area contributed by atoms with Crippen LogP contribution < -0.4 is 10.5 Å². The highest BCUT2D eigenvalue weighted by molar-refractivity contribution is 7.89. The van der Waals surface area contributed by atoms with Crippen molar-refractivity contribution in [1.29, 1.82) is 0 Å². The quantitative estimate of drug-likeness (QED) is 0.493. The first-order valence-corrected chi connectivity index (χ1v) is 12.1. The van der Waals surface area contributed by atoms with E-state index in [2.05, 4.69) is 4.98 Å². The number of carbonyl (C=O) groups is 2. The Kier molecular flexibility index (Phi) is 10.0. The number of piperidine rings is 1. The molecule has 1 aromatic heterocycles. The van der Waals surface area contributed by atoms with E-state index in [0.29, 0.717) is 45.4 Å². The predicted molar refractivity (Wildman–Crippen MR) is 118 cm³/mol. The third-order valence-corrected chi connectivity index (χ3v) is 7.41. The van der Waals surface area contributed by atoms with Gasteiger partial charge in [-0.15, -0.1) is 0 Å². The molecule has 202 valence electrons. The molecule has 3 N–H and O–H groups in total. The van der Waals surface area contributed by atoms with Gasteiger partial charge in [-0.25, -0.2) is 27.4 Å². The van der Waals surface area contributed by atoms with Crippen LogP contribution in [0.25, 0.3) is 0 Å². The number of aliphatic carboxylic acids is 1. The Labute approximate surface area is 205 Å². The molecule has 36 heavy (non-hydrogen) atoms. The third-order valence-electron chi connectivity index (χ3n) is 5.52. The van der Waals surface area contributed by atoms with Gasteiger partial charge in [-0.05, 0) is 18.9 Å². The summed E-state index contributed by atoms with van der Waals surface area (Å²) in [6, 6.07) is 2.92. The van der Waals surface area contributed by atoms with E-state index < -0.39 is 22.2 Å². The number of pyridine rings is 1. The number of aromatic nitrogens is 1. The van der Waals surface area contributed by atoms with Crippen LogP contribution in [0, 0.1) is 0 Å². The molecule has 0 aromatic carbocycles. The van der Waals surface area contributed by atoms with Crippen LogP contribution in [0.4, 0.5) is 22.4 Å². The zero-order valence-electron chi connectivity index (χ0n) is 19.3. The summed E-state index contributed by atoms with van der Waals surface area (Å²) >= 11 is 0. The molecular formula is C20H27F4N5O6S. The predicted octanol–water partition coefficient (Wildman–Crippen LogP) is 1.43. The maximum absolute atomic E-state index is 12.9. The average molecular weight is 542 g/mol. The molecule has 0 bridgehead atoms. The summed E-state index contributed by atoms with van der Waals surface area (Å²) in [6.45, 7) is 2.05. The van der Waals surface area contributed by atoms with Crippen molar-refractivity contribution in [2.45, 2.75) is 30.0 Å². The van der Waals surface area contributed by atoms with Crippen molar-refractivity contribution in [2.24, 2.45) is 5.73 Å². The summed E-state index contributed by atoms with van der Waals surface area (Å²) in [5, 5.41) is 7.12. The zero-order chi connectivity index (χ0) is 27.1. The summed E-state index contributed by atoms with van der Waals surface area (Å²) in [5.41, 5.74) is 5.63. The van der Waals surface area contributed by atoms with Crippen molar-refractivity contribution in [3.63, 3.8) is 0 Å². The lowest BCUT2D eigenvalue weighted by Gasteiger charge is -2.35. The number of nitrogens with two attached hydrogens (primary N) is 1.